The number of benzene rings is 1. The summed E-state index contributed by atoms with van der Waals surface area (Å²) in [6, 6.07) is 9.92. The first kappa shape index (κ1) is 18.8. The lowest BCUT2D eigenvalue weighted by atomic mass is 9.80. The molecule has 0 saturated carbocycles. The van der Waals surface area contributed by atoms with Crippen molar-refractivity contribution in [1.82, 2.24) is 9.80 Å². The molecule has 1 aromatic carbocycles. The Labute approximate surface area is 146 Å². The summed E-state index contributed by atoms with van der Waals surface area (Å²) in [5.41, 5.74) is 0.187. The Morgan fingerprint density at radius 1 is 1.12 bits per heavy atom. The van der Waals surface area contributed by atoms with E-state index >= 15 is 0 Å². The maximum atomic E-state index is 12.4. The molecule has 1 unspecified atom stereocenters. The molecule has 4 heteroatoms. The van der Waals surface area contributed by atoms with Gasteiger partial charge in [0.15, 0.2) is 0 Å². The van der Waals surface area contributed by atoms with E-state index in [2.05, 4.69) is 32.6 Å². The summed E-state index contributed by atoms with van der Waals surface area (Å²) < 4.78 is 5.75. The third-order valence-corrected chi connectivity index (χ3v) is 5.10. The highest BCUT2D eigenvalue weighted by atomic mass is 16.5. The number of nitrogens with zero attached hydrogens (tertiary/aromatic N) is 2. The molecule has 1 fully saturated rings. The number of hydrogen-bond acceptors (Lipinski definition) is 3. The summed E-state index contributed by atoms with van der Waals surface area (Å²) in [6.45, 7) is 13.9. The quantitative estimate of drug-likeness (QED) is 0.801. The van der Waals surface area contributed by atoms with Gasteiger partial charge in [-0.25, -0.2) is 0 Å². The molecular formula is C20H32N2O2. The Kier molecular flexibility index (Phi) is 6.67. The van der Waals surface area contributed by atoms with Crippen molar-refractivity contribution in [3.8, 4) is 5.75 Å². The summed E-state index contributed by atoms with van der Waals surface area (Å²) in [5.74, 6) is 1.63. The molecule has 0 aliphatic carbocycles. The minimum atomic E-state index is 0.187. The van der Waals surface area contributed by atoms with Crippen LogP contribution in [-0.4, -0.2) is 55.0 Å². The Balaban J connectivity index is 1.66. The first-order valence-corrected chi connectivity index (χ1v) is 9.04. The summed E-state index contributed by atoms with van der Waals surface area (Å²) in [6.07, 6.45) is 0.653. The maximum Gasteiger partial charge on any atom is 0.222 e. The number of ether oxygens (including phenoxy) is 1. The fourth-order valence-corrected chi connectivity index (χ4v) is 2.73. The number of carbonyl (C=O) groups excluding carboxylic acids is 1. The fourth-order valence-electron chi connectivity index (χ4n) is 2.73. The first-order chi connectivity index (χ1) is 11.4. The third kappa shape index (κ3) is 5.82. The van der Waals surface area contributed by atoms with Crippen molar-refractivity contribution >= 4 is 5.91 Å². The van der Waals surface area contributed by atoms with Gasteiger partial charge in [0.1, 0.15) is 12.4 Å². The topological polar surface area (TPSA) is 32.8 Å². The summed E-state index contributed by atoms with van der Waals surface area (Å²) in [5, 5.41) is 0. The minimum absolute atomic E-state index is 0.187. The van der Waals surface area contributed by atoms with Gasteiger partial charge < -0.3 is 9.64 Å². The normalized spacial score (nSPS) is 17.6. The van der Waals surface area contributed by atoms with Crippen LogP contribution in [0.15, 0.2) is 30.3 Å². The van der Waals surface area contributed by atoms with E-state index in [1.54, 1.807) is 0 Å². The zero-order valence-electron chi connectivity index (χ0n) is 15.6. The van der Waals surface area contributed by atoms with Crippen LogP contribution < -0.4 is 4.74 Å². The van der Waals surface area contributed by atoms with Crippen LogP contribution in [-0.2, 0) is 4.79 Å². The second-order valence-corrected chi connectivity index (χ2v) is 7.86. The van der Waals surface area contributed by atoms with Gasteiger partial charge in [-0.15, -0.1) is 0 Å². The molecule has 0 radical (unpaired) electrons. The van der Waals surface area contributed by atoms with Crippen molar-refractivity contribution in [2.75, 3.05) is 39.3 Å². The summed E-state index contributed by atoms with van der Waals surface area (Å²) in [7, 11) is 0. The second kappa shape index (κ2) is 8.52. The number of hydrogen-bond donors (Lipinski definition) is 0. The molecule has 2 rings (SSSR count). The van der Waals surface area contributed by atoms with Crippen molar-refractivity contribution in [3.63, 3.8) is 0 Å². The molecule has 1 aliphatic rings. The zero-order valence-corrected chi connectivity index (χ0v) is 15.6. The van der Waals surface area contributed by atoms with E-state index in [0.29, 0.717) is 24.9 Å². The maximum absolute atomic E-state index is 12.4. The van der Waals surface area contributed by atoms with Gasteiger partial charge in [-0.2, -0.15) is 0 Å². The van der Waals surface area contributed by atoms with E-state index in [1.165, 1.54) is 0 Å². The van der Waals surface area contributed by atoms with Crippen molar-refractivity contribution < 1.29 is 9.53 Å². The molecule has 1 heterocycles. The van der Waals surface area contributed by atoms with Gasteiger partial charge in [0.2, 0.25) is 5.91 Å². The lowest BCUT2D eigenvalue weighted by Gasteiger charge is -2.36. The van der Waals surface area contributed by atoms with E-state index < -0.39 is 0 Å². The number of amides is 1. The molecule has 0 spiro atoms. The Morgan fingerprint density at radius 2 is 1.75 bits per heavy atom. The van der Waals surface area contributed by atoms with Crippen molar-refractivity contribution in [2.45, 2.75) is 34.1 Å². The SMILES string of the molecule is CC(CC(=O)N1CCN(CCOc2ccccc2)CC1)C(C)(C)C. The van der Waals surface area contributed by atoms with E-state index in [9.17, 15) is 4.79 Å². The van der Waals surface area contributed by atoms with Gasteiger partial charge in [-0.1, -0.05) is 45.9 Å². The van der Waals surface area contributed by atoms with E-state index in [0.717, 1.165) is 38.5 Å². The number of carbonyl (C=O) groups is 1. The molecule has 24 heavy (non-hydrogen) atoms. The third-order valence-electron chi connectivity index (χ3n) is 5.10. The van der Waals surface area contributed by atoms with Crippen LogP contribution in [0.5, 0.6) is 5.75 Å². The van der Waals surface area contributed by atoms with Crippen LogP contribution >= 0.6 is 0 Å². The van der Waals surface area contributed by atoms with Crippen molar-refractivity contribution in [3.05, 3.63) is 30.3 Å². The Hall–Kier alpha value is -1.55. The summed E-state index contributed by atoms with van der Waals surface area (Å²) in [4.78, 5) is 16.8. The van der Waals surface area contributed by atoms with Crippen LogP contribution in [0.2, 0.25) is 0 Å². The van der Waals surface area contributed by atoms with E-state index in [1.807, 2.05) is 35.2 Å². The standard InChI is InChI=1S/C20H32N2O2/c1-17(20(2,3)4)16-19(23)22-12-10-21(11-13-22)14-15-24-18-8-6-5-7-9-18/h5-9,17H,10-16H2,1-4H3. The number of piperazine rings is 1. The predicted molar refractivity (Wildman–Crippen MR) is 98.2 cm³/mol. The van der Waals surface area contributed by atoms with Crippen LogP contribution in [0.4, 0.5) is 0 Å². The molecule has 1 saturated heterocycles. The fraction of sp³-hybridized carbons (Fsp3) is 0.650. The molecule has 0 aromatic heterocycles. The highest BCUT2D eigenvalue weighted by molar-refractivity contribution is 5.76. The zero-order chi connectivity index (χ0) is 17.6. The number of para-hydroxylation sites is 1. The molecule has 1 amide bonds. The van der Waals surface area contributed by atoms with Crippen LogP contribution in [0, 0.1) is 11.3 Å². The van der Waals surface area contributed by atoms with Crippen LogP contribution in [0.3, 0.4) is 0 Å². The highest BCUT2D eigenvalue weighted by Crippen LogP contribution is 2.28. The second-order valence-electron chi connectivity index (χ2n) is 7.86. The molecule has 134 valence electrons. The molecule has 1 aliphatic heterocycles. The molecule has 0 N–H and O–H groups in total. The minimum Gasteiger partial charge on any atom is -0.492 e. The lowest BCUT2D eigenvalue weighted by molar-refractivity contribution is -0.134. The first-order valence-electron chi connectivity index (χ1n) is 9.04. The van der Waals surface area contributed by atoms with E-state index in [-0.39, 0.29) is 5.41 Å². The van der Waals surface area contributed by atoms with Gasteiger partial charge in [-0.05, 0) is 23.5 Å². The monoisotopic (exact) mass is 332 g/mol. The smallest absolute Gasteiger partial charge is 0.222 e. The molecule has 0 bridgehead atoms. The summed E-state index contributed by atoms with van der Waals surface area (Å²) >= 11 is 0. The van der Waals surface area contributed by atoms with Gasteiger partial charge in [0.05, 0.1) is 0 Å². The van der Waals surface area contributed by atoms with Crippen molar-refractivity contribution in [2.24, 2.45) is 11.3 Å². The average Bonchev–Trinajstić information content (AvgIpc) is 2.55. The lowest BCUT2D eigenvalue weighted by Crippen LogP contribution is -2.50. The predicted octanol–water partition coefficient (Wildman–Crippen LogP) is 3.28. The van der Waals surface area contributed by atoms with Crippen LogP contribution in [0.25, 0.3) is 0 Å². The largest absolute Gasteiger partial charge is 0.492 e. The van der Waals surface area contributed by atoms with Crippen LogP contribution in [0.1, 0.15) is 34.1 Å². The molecule has 1 aromatic rings. The van der Waals surface area contributed by atoms with Gasteiger partial charge in [0.25, 0.3) is 0 Å². The van der Waals surface area contributed by atoms with E-state index in [4.69, 9.17) is 4.74 Å². The molecular weight excluding hydrogens is 300 g/mol. The average molecular weight is 332 g/mol. The number of rotatable bonds is 6. The van der Waals surface area contributed by atoms with Gasteiger partial charge in [-0.3, -0.25) is 9.69 Å². The highest BCUT2D eigenvalue weighted by Gasteiger charge is 2.26. The molecule has 1 atom stereocenters. The molecule has 4 nitrogen and oxygen atoms in total. The van der Waals surface area contributed by atoms with Gasteiger partial charge >= 0.3 is 0 Å². The Morgan fingerprint density at radius 3 is 2.33 bits per heavy atom. The Bertz CT molecular complexity index is 502. The van der Waals surface area contributed by atoms with Crippen molar-refractivity contribution in [1.29, 1.82) is 0 Å². The van der Waals surface area contributed by atoms with Gasteiger partial charge in [0, 0.05) is 39.1 Å².